The minimum absolute atomic E-state index is 0.00281. The zero-order valence-corrected chi connectivity index (χ0v) is 10.6. The molecule has 0 bridgehead atoms. The topological polar surface area (TPSA) is 50.4 Å². The Balaban J connectivity index is 2.62. The number of benzene rings is 1. The first-order chi connectivity index (χ1) is 8.21. The number of ether oxygens (including phenoxy) is 1. The molecule has 1 amide bonds. The van der Waals surface area contributed by atoms with Gasteiger partial charge < -0.3 is 15.4 Å². The van der Waals surface area contributed by atoms with Gasteiger partial charge in [-0.1, -0.05) is 19.1 Å². The van der Waals surface area contributed by atoms with Gasteiger partial charge in [-0.05, 0) is 24.1 Å². The fourth-order valence-electron chi connectivity index (χ4n) is 1.64. The summed E-state index contributed by atoms with van der Waals surface area (Å²) in [6.07, 6.45) is 0.934. The van der Waals surface area contributed by atoms with Crippen LogP contribution in [0.25, 0.3) is 0 Å². The quantitative estimate of drug-likeness (QED) is 0.786. The Kier molecular flexibility index (Phi) is 5.49. The van der Waals surface area contributed by atoms with Crippen molar-refractivity contribution in [3.05, 3.63) is 29.8 Å². The van der Waals surface area contributed by atoms with Crippen molar-refractivity contribution in [1.29, 1.82) is 0 Å². The average Bonchev–Trinajstić information content (AvgIpc) is 2.39. The monoisotopic (exact) mass is 236 g/mol. The Labute approximate surface area is 102 Å². The van der Waals surface area contributed by atoms with Gasteiger partial charge in [-0.25, -0.2) is 0 Å². The maximum atomic E-state index is 11.2. The van der Waals surface area contributed by atoms with Crippen molar-refractivity contribution in [2.75, 3.05) is 20.7 Å². The van der Waals surface area contributed by atoms with Crippen molar-refractivity contribution in [3.8, 4) is 5.75 Å². The largest absolute Gasteiger partial charge is 0.497 e. The number of hydrogen-bond acceptors (Lipinski definition) is 3. The van der Waals surface area contributed by atoms with E-state index < -0.39 is 0 Å². The maximum Gasteiger partial charge on any atom is 0.233 e. The molecule has 4 heteroatoms. The molecule has 1 aromatic rings. The lowest BCUT2D eigenvalue weighted by Gasteiger charge is -2.17. The predicted octanol–water partition coefficient (Wildman–Crippen LogP) is 1.48. The summed E-state index contributed by atoms with van der Waals surface area (Å²) in [5.74, 6) is 0.840. The van der Waals surface area contributed by atoms with Crippen molar-refractivity contribution in [2.45, 2.75) is 19.4 Å². The third-order valence-electron chi connectivity index (χ3n) is 2.71. The smallest absolute Gasteiger partial charge is 0.233 e. The van der Waals surface area contributed by atoms with Gasteiger partial charge in [0.15, 0.2) is 0 Å². The Morgan fingerprint density at radius 1 is 1.35 bits per heavy atom. The van der Waals surface area contributed by atoms with Crippen molar-refractivity contribution < 1.29 is 9.53 Å². The fraction of sp³-hybridized carbons (Fsp3) is 0.462. The highest BCUT2D eigenvalue weighted by molar-refractivity contribution is 5.77. The summed E-state index contributed by atoms with van der Waals surface area (Å²) in [5.41, 5.74) is 1.16. The highest BCUT2D eigenvalue weighted by Crippen LogP contribution is 2.19. The van der Waals surface area contributed by atoms with Crippen LogP contribution in [-0.2, 0) is 4.79 Å². The number of nitrogens with one attached hydrogen (secondary N) is 2. The van der Waals surface area contributed by atoms with E-state index >= 15 is 0 Å². The Hall–Kier alpha value is -1.55. The van der Waals surface area contributed by atoms with Crippen molar-refractivity contribution in [1.82, 2.24) is 10.6 Å². The molecule has 0 aliphatic carbocycles. The predicted molar refractivity (Wildman–Crippen MR) is 68.1 cm³/mol. The van der Waals surface area contributed by atoms with Crippen LogP contribution in [0.15, 0.2) is 24.3 Å². The second kappa shape index (κ2) is 6.91. The number of carbonyl (C=O) groups is 1. The van der Waals surface area contributed by atoms with Gasteiger partial charge in [0.2, 0.25) is 5.91 Å². The van der Waals surface area contributed by atoms with E-state index in [1.807, 2.05) is 24.3 Å². The minimum atomic E-state index is -0.00281. The Bertz CT molecular complexity index is 349. The molecule has 94 valence electrons. The summed E-state index contributed by atoms with van der Waals surface area (Å²) >= 11 is 0. The first-order valence-electron chi connectivity index (χ1n) is 5.79. The molecule has 0 aromatic heterocycles. The molecule has 0 saturated heterocycles. The molecular weight excluding hydrogens is 216 g/mol. The van der Waals surface area contributed by atoms with Gasteiger partial charge in [0.25, 0.3) is 0 Å². The van der Waals surface area contributed by atoms with Crippen molar-refractivity contribution >= 4 is 5.91 Å². The Morgan fingerprint density at radius 3 is 2.47 bits per heavy atom. The SMILES string of the molecule is CCC(NCC(=O)NC)c1ccc(OC)cc1. The number of hydrogen-bond donors (Lipinski definition) is 2. The standard InChI is InChI=1S/C13H20N2O2/c1-4-12(15-9-13(16)14-2)10-5-7-11(17-3)8-6-10/h5-8,12,15H,4,9H2,1-3H3,(H,14,16). The molecule has 0 saturated carbocycles. The van der Waals surface area contributed by atoms with Crippen molar-refractivity contribution in [2.24, 2.45) is 0 Å². The van der Waals surface area contributed by atoms with E-state index in [0.29, 0.717) is 6.54 Å². The zero-order chi connectivity index (χ0) is 12.7. The summed E-state index contributed by atoms with van der Waals surface area (Å²) in [5, 5.41) is 5.81. The first-order valence-corrected chi connectivity index (χ1v) is 5.79. The van der Waals surface area contributed by atoms with Gasteiger partial charge in [0.1, 0.15) is 5.75 Å². The fourth-order valence-corrected chi connectivity index (χ4v) is 1.64. The molecule has 0 fully saturated rings. The van der Waals surface area contributed by atoms with E-state index in [1.165, 1.54) is 0 Å². The molecule has 0 radical (unpaired) electrons. The van der Waals surface area contributed by atoms with Gasteiger partial charge in [0, 0.05) is 13.1 Å². The van der Waals surface area contributed by atoms with E-state index in [0.717, 1.165) is 17.7 Å². The van der Waals surface area contributed by atoms with Crippen molar-refractivity contribution in [3.63, 3.8) is 0 Å². The molecule has 1 atom stereocenters. The van der Waals surface area contributed by atoms with Gasteiger partial charge in [-0.3, -0.25) is 4.79 Å². The van der Waals surface area contributed by atoms with Gasteiger partial charge in [-0.2, -0.15) is 0 Å². The molecule has 0 spiro atoms. The zero-order valence-electron chi connectivity index (χ0n) is 10.6. The van der Waals surface area contributed by atoms with E-state index in [-0.39, 0.29) is 11.9 Å². The number of rotatable bonds is 6. The highest BCUT2D eigenvalue weighted by Gasteiger charge is 2.09. The summed E-state index contributed by atoms with van der Waals surface area (Å²) in [6.45, 7) is 2.42. The molecule has 1 rings (SSSR count). The lowest BCUT2D eigenvalue weighted by atomic mass is 10.0. The molecule has 17 heavy (non-hydrogen) atoms. The van der Waals surface area contributed by atoms with Gasteiger partial charge >= 0.3 is 0 Å². The van der Waals surface area contributed by atoms with Crippen LogP contribution in [0.4, 0.5) is 0 Å². The normalized spacial score (nSPS) is 11.9. The summed E-state index contributed by atoms with van der Waals surface area (Å²) in [6, 6.07) is 8.09. The van der Waals surface area contributed by atoms with Crippen LogP contribution < -0.4 is 15.4 Å². The molecule has 1 aromatic carbocycles. The molecule has 1 unspecified atom stereocenters. The number of amides is 1. The molecule has 0 aliphatic heterocycles. The first kappa shape index (κ1) is 13.5. The molecular formula is C13H20N2O2. The number of likely N-dealkylation sites (N-methyl/N-ethyl adjacent to an activating group) is 1. The van der Waals surface area contributed by atoms with E-state index in [1.54, 1.807) is 14.2 Å². The van der Waals surface area contributed by atoms with Crippen LogP contribution >= 0.6 is 0 Å². The second-order valence-electron chi connectivity index (χ2n) is 3.79. The number of methoxy groups -OCH3 is 1. The van der Waals surface area contributed by atoms with Crippen LogP contribution in [0, 0.1) is 0 Å². The van der Waals surface area contributed by atoms with E-state index in [4.69, 9.17) is 4.74 Å². The Morgan fingerprint density at radius 2 is 2.00 bits per heavy atom. The molecule has 2 N–H and O–H groups in total. The lowest BCUT2D eigenvalue weighted by molar-refractivity contribution is -0.119. The third kappa shape index (κ3) is 4.07. The maximum absolute atomic E-state index is 11.2. The summed E-state index contributed by atoms with van der Waals surface area (Å²) in [7, 11) is 3.29. The molecule has 0 heterocycles. The lowest BCUT2D eigenvalue weighted by Crippen LogP contribution is -2.33. The van der Waals surface area contributed by atoms with E-state index in [2.05, 4.69) is 17.6 Å². The second-order valence-corrected chi connectivity index (χ2v) is 3.79. The molecule has 0 aliphatic rings. The van der Waals surface area contributed by atoms with Gasteiger partial charge in [0.05, 0.1) is 13.7 Å². The summed E-state index contributed by atoms with van der Waals surface area (Å²) in [4.78, 5) is 11.2. The van der Waals surface area contributed by atoms with E-state index in [9.17, 15) is 4.79 Å². The third-order valence-corrected chi connectivity index (χ3v) is 2.71. The average molecular weight is 236 g/mol. The van der Waals surface area contributed by atoms with Crippen LogP contribution in [-0.4, -0.2) is 26.6 Å². The minimum Gasteiger partial charge on any atom is -0.497 e. The van der Waals surface area contributed by atoms with Crippen LogP contribution in [0.5, 0.6) is 5.75 Å². The number of carbonyl (C=O) groups excluding carboxylic acids is 1. The highest BCUT2D eigenvalue weighted by atomic mass is 16.5. The summed E-state index contributed by atoms with van der Waals surface area (Å²) < 4.78 is 5.11. The van der Waals surface area contributed by atoms with Crippen LogP contribution in [0.1, 0.15) is 24.9 Å². The molecule has 4 nitrogen and oxygen atoms in total. The van der Waals surface area contributed by atoms with Crippen LogP contribution in [0.2, 0.25) is 0 Å². The van der Waals surface area contributed by atoms with Gasteiger partial charge in [-0.15, -0.1) is 0 Å². The van der Waals surface area contributed by atoms with Crippen LogP contribution in [0.3, 0.4) is 0 Å².